The average Bonchev–Trinajstić information content (AvgIpc) is 2.38. The van der Waals surface area contributed by atoms with E-state index in [1.165, 1.54) is 5.56 Å². The molecule has 20 heavy (non-hydrogen) atoms. The first-order valence-electron chi connectivity index (χ1n) is 7.64. The quantitative estimate of drug-likeness (QED) is 0.659. The SMILES string of the molecule is CCCNCC(OC(C)CC(C)C)c1ccc(Cl)cc1. The molecule has 0 fully saturated rings. The van der Waals surface area contributed by atoms with Crippen LogP contribution in [-0.2, 0) is 4.74 Å². The maximum atomic E-state index is 6.23. The Morgan fingerprint density at radius 1 is 1.15 bits per heavy atom. The molecule has 0 aromatic heterocycles. The third-order valence-electron chi connectivity index (χ3n) is 3.20. The summed E-state index contributed by atoms with van der Waals surface area (Å²) in [5.41, 5.74) is 1.19. The second-order valence-electron chi connectivity index (χ2n) is 5.82. The molecule has 2 unspecified atom stereocenters. The molecular formula is C17H28ClNO. The Hall–Kier alpha value is -0.570. The summed E-state index contributed by atoms with van der Waals surface area (Å²) in [6.45, 7) is 10.7. The molecule has 0 spiro atoms. The molecule has 1 aromatic rings. The molecule has 0 bridgehead atoms. The predicted molar refractivity (Wildman–Crippen MR) is 87.4 cm³/mol. The van der Waals surface area contributed by atoms with Crippen molar-refractivity contribution in [2.24, 2.45) is 5.92 Å². The normalized spacial score (nSPS) is 14.5. The summed E-state index contributed by atoms with van der Waals surface area (Å²) in [6, 6.07) is 7.98. The lowest BCUT2D eigenvalue weighted by molar-refractivity contribution is -0.0125. The Kier molecular flexibility index (Phi) is 8.20. The lowest BCUT2D eigenvalue weighted by atomic mass is 10.1. The fraction of sp³-hybridized carbons (Fsp3) is 0.647. The lowest BCUT2D eigenvalue weighted by Crippen LogP contribution is -2.27. The smallest absolute Gasteiger partial charge is 0.0952 e. The van der Waals surface area contributed by atoms with Gasteiger partial charge in [0.25, 0.3) is 0 Å². The zero-order valence-corrected chi connectivity index (χ0v) is 13.9. The van der Waals surface area contributed by atoms with E-state index in [1.807, 2.05) is 12.1 Å². The van der Waals surface area contributed by atoms with Crippen LogP contribution in [-0.4, -0.2) is 19.2 Å². The van der Waals surface area contributed by atoms with Crippen molar-refractivity contribution in [2.45, 2.75) is 52.7 Å². The molecule has 0 aliphatic rings. The highest BCUT2D eigenvalue weighted by Crippen LogP contribution is 2.22. The van der Waals surface area contributed by atoms with Crippen LogP contribution in [0.15, 0.2) is 24.3 Å². The molecule has 1 N–H and O–H groups in total. The summed E-state index contributed by atoms with van der Waals surface area (Å²) in [5.74, 6) is 0.652. The molecule has 0 aliphatic heterocycles. The van der Waals surface area contributed by atoms with Crippen molar-refractivity contribution in [3.8, 4) is 0 Å². The van der Waals surface area contributed by atoms with Gasteiger partial charge in [0, 0.05) is 11.6 Å². The number of benzene rings is 1. The van der Waals surface area contributed by atoms with E-state index in [0.29, 0.717) is 5.92 Å². The van der Waals surface area contributed by atoms with Crippen LogP contribution in [0.4, 0.5) is 0 Å². The van der Waals surface area contributed by atoms with Gasteiger partial charge in [0.2, 0.25) is 0 Å². The van der Waals surface area contributed by atoms with Crippen molar-refractivity contribution in [3.63, 3.8) is 0 Å². The van der Waals surface area contributed by atoms with Crippen LogP contribution in [0.1, 0.15) is 52.2 Å². The van der Waals surface area contributed by atoms with Crippen LogP contribution in [0, 0.1) is 5.92 Å². The Labute approximate surface area is 128 Å². The molecule has 2 nitrogen and oxygen atoms in total. The van der Waals surface area contributed by atoms with Gasteiger partial charge in [0.1, 0.15) is 0 Å². The third kappa shape index (κ3) is 6.74. The number of nitrogens with one attached hydrogen (secondary N) is 1. The van der Waals surface area contributed by atoms with Crippen LogP contribution < -0.4 is 5.32 Å². The first-order chi connectivity index (χ1) is 9.52. The van der Waals surface area contributed by atoms with Crippen molar-refractivity contribution < 1.29 is 4.74 Å². The topological polar surface area (TPSA) is 21.3 Å². The molecule has 0 saturated heterocycles. The van der Waals surface area contributed by atoms with Gasteiger partial charge in [-0.1, -0.05) is 44.5 Å². The van der Waals surface area contributed by atoms with Gasteiger partial charge in [-0.2, -0.15) is 0 Å². The van der Waals surface area contributed by atoms with E-state index in [-0.39, 0.29) is 12.2 Å². The molecule has 114 valence electrons. The van der Waals surface area contributed by atoms with Gasteiger partial charge in [-0.3, -0.25) is 0 Å². The first kappa shape index (κ1) is 17.5. The van der Waals surface area contributed by atoms with Gasteiger partial charge in [0.15, 0.2) is 0 Å². The van der Waals surface area contributed by atoms with Gasteiger partial charge in [-0.15, -0.1) is 0 Å². The number of rotatable bonds is 9. The number of ether oxygens (including phenoxy) is 1. The molecule has 1 aromatic carbocycles. The van der Waals surface area contributed by atoms with Crippen LogP contribution in [0.25, 0.3) is 0 Å². The van der Waals surface area contributed by atoms with E-state index in [9.17, 15) is 0 Å². The van der Waals surface area contributed by atoms with Crippen molar-refractivity contribution in [1.82, 2.24) is 5.32 Å². The van der Waals surface area contributed by atoms with E-state index >= 15 is 0 Å². The molecule has 0 aliphatic carbocycles. The fourth-order valence-electron chi connectivity index (χ4n) is 2.33. The van der Waals surface area contributed by atoms with E-state index in [4.69, 9.17) is 16.3 Å². The standard InChI is InChI=1S/C17H28ClNO/c1-5-10-19-12-17(20-14(4)11-13(2)3)15-6-8-16(18)9-7-15/h6-9,13-14,17,19H,5,10-12H2,1-4H3. The van der Waals surface area contributed by atoms with Crippen LogP contribution in [0.5, 0.6) is 0 Å². The highest BCUT2D eigenvalue weighted by atomic mass is 35.5. The Morgan fingerprint density at radius 3 is 2.35 bits per heavy atom. The second-order valence-corrected chi connectivity index (χ2v) is 6.26. The lowest BCUT2D eigenvalue weighted by Gasteiger charge is -2.24. The second kappa shape index (κ2) is 9.38. The summed E-state index contributed by atoms with van der Waals surface area (Å²) >= 11 is 5.96. The summed E-state index contributed by atoms with van der Waals surface area (Å²) in [5, 5.41) is 4.22. The first-order valence-corrected chi connectivity index (χ1v) is 8.02. The van der Waals surface area contributed by atoms with E-state index in [1.54, 1.807) is 0 Å². The molecule has 0 heterocycles. The van der Waals surface area contributed by atoms with Gasteiger partial charge < -0.3 is 10.1 Å². The van der Waals surface area contributed by atoms with Crippen molar-refractivity contribution in [1.29, 1.82) is 0 Å². The Balaban J connectivity index is 2.66. The highest BCUT2D eigenvalue weighted by Gasteiger charge is 2.16. The zero-order chi connectivity index (χ0) is 15.0. The molecule has 3 heteroatoms. The monoisotopic (exact) mass is 297 g/mol. The summed E-state index contributed by atoms with van der Waals surface area (Å²) < 4.78 is 6.23. The molecule has 1 rings (SSSR count). The molecule has 0 saturated carbocycles. The van der Waals surface area contributed by atoms with Crippen molar-refractivity contribution in [3.05, 3.63) is 34.9 Å². The molecular weight excluding hydrogens is 270 g/mol. The van der Waals surface area contributed by atoms with Crippen molar-refractivity contribution in [2.75, 3.05) is 13.1 Å². The number of hydrogen-bond donors (Lipinski definition) is 1. The molecule has 0 amide bonds. The average molecular weight is 298 g/mol. The van der Waals surface area contributed by atoms with Crippen LogP contribution in [0.3, 0.4) is 0 Å². The minimum absolute atomic E-state index is 0.0903. The van der Waals surface area contributed by atoms with E-state index in [0.717, 1.165) is 31.0 Å². The zero-order valence-electron chi connectivity index (χ0n) is 13.2. The third-order valence-corrected chi connectivity index (χ3v) is 3.45. The highest BCUT2D eigenvalue weighted by molar-refractivity contribution is 6.30. The summed E-state index contributed by atoms with van der Waals surface area (Å²) in [4.78, 5) is 0. The predicted octanol–water partition coefficient (Wildman–Crippen LogP) is 4.83. The van der Waals surface area contributed by atoms with Gasteiger partial charge in [-0.05, 0) is 49.9 Å². The van der Waals surface area contributed by atoms with Gasteiger partial charge in [-0.25, -0.2) is 0 Å². The van der Waals surface area contributed by atoms with Gasteiger partial charge in [0.05, 0.1) is 12.2 Å². The van der Waals surface area contributed by atoms with Crippen molar-refractivity contribution >= 4 is 11.6 Å². The summed E-state index contributed by atoms with van der Waals surface area (Å²) in [6.07, 6.45) is 2.57. The maximum absolute atomic E-state index is 6.23. The minimum Gasteiger partial charge on any atom is -0.369 e. The summed E-state index contributed by atoms with van der Waals surface area (Å²) in [7, 11) is 0. The van der Waals surface area contributed by atoms with Gasteiger partial charge >= 0.3 is 0 Å². The van der Waals surface area contributed by atoms with E-state index < -0.39 is 0 Å². The Morgan fingerprint density at radius 2 is 1.80 bits per heavy atom. The number of halogens is 1. The fourth-order valence-corrected chi connectivity index (χ4v) is 2.46. The molecule has 0 radical (unpaired) electrons. The Bertz CT molecular complexity index is 364. The maximum Gasteiger partial charge on any atom is 0.0952 e. The van der Waals surface area contributed by atoms with Crippen LogP contribution in [0.2, 0.25) is 5.02 Å². The minimum atomic E-state index is 0.0903. The van der Waals surface area contributed by atoms with Crippen LogP contribution >= 0.6 is 11.6 Å². The molecule has 2 atom stereocenters. The number of hydrogen-bond acceptors (Lipinski definition) is 2. The van der Waals surface area contributed by atoms with E-state index in [2.05, 4.69) is 45.1 Å². The largest absolute Gasteiger partial charge is 0.369 e.